The van der Waals surface area contributed by atoms with E-state index >= 15 is 0 Å². The Morgan fingerprint density at radius 1 is 0.839 bits per heavy atom. The van der Waals surface area contributed by atoms with Gasteiger partial charge in [0.1, 0.15) is 17.7 Å². The van der Waals surface area contributed by atoms with Crippen molar-refractivity contribution in [2.24, 2.45) is 28.6 Å². The van der Waals surface area contributed by atoms with E-state index in [2.05, 4.69) is 45.0 Å². The minimum absolute atomic E-state index is 0.00208. The van der Waals surface area contributed by atoms with Gasteiger partial charge in [-0.25, -0.2) is 14.8 Å². The van der Waals surface area contributed by atoms with E-state index in [1.165, 1.54) is 45.6 Å². The second kappa shape index (κ2) is 14.1. The molecule has 11 nitrogen and oxygen atoms in total. The lowest BCUT2D eigenvalue weighted by molar-refractivity contribution is -0.138. The zero-order valence-corrected chi connectivity index (χ0v) is 33.0. The maximum Gasteiger partial charge on any atom is 0.407 e. The van der Waals surface area contributed by atoms with Crippen LogP contribution in [-0.2, 0) is 14.3 Å². The Morgan fingerprint density at radius 3 is 2.11 bits per heavy atom. The highest BCUT2D eigenvalue weighted by atomic mass is 16.5. The molecule has 2 aromatic heterocycles. The summed E-state index contributed by atoms with van der Waals surface area (Å²) >= 11 is 0. The normalized spacial score (nSPS) is 23.1. The molecule has 3 N–H and O–H groups in total. The highest BCUT2D eigenvalue weighted by Crippen LogP contribution is 2.59. The Hall–Kier alpha value is -5.11. The maximum absolute atomic E-state index is 13.8. The number of nitrogens with zero attached hydrogens (tertiary/aromatic N) is 4. The Balaban J connectivity index is 0.883. The van der Waals surface area contributed by atoms with Crippen LogP contribution in [0.25, 0.3) is 22.3 Å². The van der Waals surface area contributed by atoms with Gasteiger partial charge in [-0.2, -0.15) is 0 Å². The number of alkyl carbamates (subject to hydrolysis) is 1. The lowest BCUT2D eigenvalue weighted by atomic mass is 9.91. The van der Waals surface area contributed by atoms with Crippen LogP contribution >= 0.6 is 0 Å². The first kappa shape index (κ1) is 36.5. The van der Waals surface area contributed by atoms with Gasteiger partial charge < -0.3 is 29.8 Å². The van der Waals surface area contributed by atoms with Crippen LogP contribution in [0.4, 0.5) is 4.79 Å². The molecule has 4 heterocycles. The van der Waals surface area contributed by atoms with E-state index in [1.807, 2.05) is 61.3 Å². The molecule has 3 amide bonds. The largest absolute Gasteiger partial charge is 0.453 e. The van der Waals surface area contributed by atoms with Crippen molar-refractivity contribution in [2.75, 3.05) is 20.2 Å². The molecule has 5 fully saturated rings. The Kier molecular flexibility index (Phi) is 9.21. The maximum atomic E-state index is 13.8. The van der Waals surface area contributed by atoms with E-state index in [0.29, 0.717) is 18.4 Å². The summed E-state index contributed by atoms with van der Waals surface area (Å²) in [5, 5.41) is 2.75. The number of aromatic nitrogens is 4. The van der Waals surface area contributed by atoms with Crippen molar-refractivity contribution in [1.29, 1.82) is 0 Å². The van der Waals surface area contributed by atoms with Crippen LogP contribution in [0.5, 0.6) is 0 Å². The van der Waals surface area contributed by atoms with Gasteiger partial charge in [0.15, 0.2) is 0 Å². The van der Waals surface area contributed by atoms with Crippen LogP contribution in [0, 0.1) is 40.4 Å². The molecule has 3 aliphatic carbocycles. The third kappa shape index (κ3) is 6.96. The van der Waals surface area contributed by atoms with Crippen molar-refractivity contribution in [3.8, 4) is 23.1 Å². The van der Waals surface area contributed by atoms with Gasteiger partial charge >= 0.3 is 6.09 Å². The minimum Gasteiger partial charge on any atom is -0.453 e. The number of ether oxygens (including phenoxy) is 1. The first-order valence-electron chi connectivity index (χ1n) is 20.7. The molecule has 4 atom stereocenters. The average molecular weight is 756 g/mol. The Labute approximate surface area is 328 Å². The van der Waals surface area contributed by atoms with E-state index in [9.17, 15) is 14.4 Å². The van der Waals surface area contributed by atoms with Crippen LogP contribution in [0.3, 0.4) is 0 Å². The van der Waals surface area contributed by atoms with Gasteiger partial charge in [0, 0.05) is 30.1 Å². The van der Waals surface area contributed by atoms with E-state index in [0.717, 1.165) is 77.3 Å². The van der Waals surface area contributed by atoms with Gasteiger partial charge in [-0.15, -0.1) is 0 Å². The molecule has 2 aliphatic heterocycles. The van der Waals surface area contributed by atoms with Crippen LogP contribution in [0.15, 0.2) is 48.7 Å². The standard InChI is InChI=1S/C45H53N7O4/c1-27(2)38(50-43(55)56-4)42(54)52-26-44(17-18-44)22-36(52)39-46-24-35(49-39)32-14-11-29(12-15-32)9-10-30-13-16-33-34(21-30)48-40(47-33)37-23-45(19-20-45)25-51(37)41(53)28(3)31-7-5-6-8-31/h11-16,21,24,27-28,31,36-38H,5-8,17-20,22-23,25-26H2,1-4H3,(H,46,49)(H,47,48)(H,50,55)/t28-,36+,37+,38+/m1/s1. The van der Waals surface area contributed by atoms with E-state index in [-0.39, 0.29) is 40.7 Å². The number of carbonyl (C=O) groups excluding carboxylic acids is 3. The number of amides is 3. The first-order chi connectivity index (χ1) is 27.0. The average Bonchev–Trinajstić information content (AvgIpc) is 3.67. The summed E-state index contributed by atoms with van der Waals surface area (Å²) in [4.78, 5) is 60.7. The monoisotopic (exact) mass is 755 g/mol. The lowest BCUT2D eigenvalue weighted by Gasteiger charge is -2.30. The number of carbonyl (C=O) groups is 3. The molecule has 2 saturated heterocycles. The van der Waals surface area contributed by atoms with E-state index in [4.69, 9.17) is 14.7 Å². The number of aromatic amines is 2. The fraction of sp³-hybridized carbons (Fsp3) is 0.533. The molecule has 292 valence electrons. The highest BCUT2D eigenvalue weighted by Gasteiger charge is 2.56. The van der Waals surface area contributed by atoms with Crippen LogP contribution < -0.4 is 5.32 Å². The van der Waals surface area contributed by atoms with Gasteiger partial charge in [0.2, 0.25) is 11.8 Å². The summed E-state index contributed by atoms with van der Waals surface area (Å²) < 4.78 is 4.81. The van der Waals surface area contributed by atoms with E-state index in [1.54, 1.807) is 0 Å². The van der Waals surface area contributed by atoms with Crippen molar-refractivity contribution in [1.82, 2.24) is 35.1 Å². The molecule has 9 rings (SSSR count). The third-order valence-corrected chi connectivity index (χ3v) is 13.7. The molecule has 5 aliphatic rings. The predicted octanol–water partition coefficient (Wildman–Crippen LogP) is 7.67. The molecule has 4 aromatic rings. The van der Waals surface area contributed by atoms with Crippen LogP contribution in [0.1, 0.15) is 120 Å². The van der Waals surface area contributed by atoms with Crippen molar-refractivity contribution in [2.45, 2.75) is 103 Å². The quantitative estimate of drug-likeness (QED) is 0.158. The van der Waals surface area contributed by atoms with Gasteiger partial charge in [-0.3, -0.25) is 9.59 Å². The summed E-state index contributed by atoms with van der Waals surface area (Å²) in [6.45, 7) is 7.53. The molecular weight excluding hydrogens is 703 g/mol. The molecule has 0 unspecified atom stereocenters. The SMILES string of the molecule is COC(=O)N[C@H](C(=O)N1CC2(CC2)C[C@H]1c1ncc(-c2ccc(C#Cc3ccc4nc([C@@H]5CC6(CC6)CN5C(=O)[C@H](C)C5CCCC5)[nH]c4c3)cc2)[nH]1)C(C)C. The summed E-state index contributed by atoms with van der Waals surface area (Å²) in [7, 11) is 1.31. The number of methoxy groups -OCH3 is 1. The molecule has 0 bridgehead atoms. The molecule has 3 saturated carbocycles. The number of nitrogens with one attached hydrogen (secondary N) is 3. The van der Waals surface area contributed by atoms with Gasteiger partial charge in [-0.1, -0.05) is 57.6 Å². The Bertz CT molecular complexity index is 2210. The molecule has 2 aromatic carbocycles. The minimum atomic E-state index is -0.676. The molecule has 2 spiro atoms. The first-order valence-corrected chi connectivity index (χ1v) is 20.7. The second-order valence-electron chi connectivity index (χ2n) is 17.9. The zero-order chi connectivity index (χ0) is 38.8. The Morgan fingerprint density at radius 2 is 1.46 bits per heavy atom. The van der Waals surface area contributed by atoms with Gasteiger partial charge in [-0.05, 0) is 110 Å². The lowest BCUT2D eigenvalue weighted by Crippen LogP contribution is -2.51. The van der Waals surface area contributed by atoms with Crippen molar-refractivity contribution < 1.29 is 19.1 Å². The number of benzene rings is 2. The number of imidazole rings is 2. The fourth-order valence-corrected chi connectivity index (χ4v) is 9.74. The number of fused-ring (bicyclic) bond motifs is 1. The van der Waals surface area contributed by atoms with Crippen molar-refractivity contribution >= 4 is 28.9 Å². The summed E-state index contributed by atoms with van der Waals surface area (Å²) in [6, 6.07) is 13.3. The van der Waals surface area contributed by atoms with Crippen LogP contribution in [-0.4, -0.2) is 73.9 Å². The van der Waals surface area contributed by atoms with Crippen molar-refractivity contribution in [3.05, 3.63) is 71.4 Å². The number of likely N-dealkylation sites (tertiary alicyclic amines) is 2. The van der Waals surface area contributed by atoms with Crippen molar-refractivity contribution in [3.63, 3.8) is 0 Å². The zero-order valence-electron chi connectivity index (χ0n) is 33.0. The molecule has 11 heteroatoms. The highest BCUT2D eigenvalue weighted by molar-refractivity contribution is 5.86. The second-order valence-corrected chi connectivity index (χ2v) is 17.9. The molecular formula is C45H53N7O4. The summed E-state index contributed by atoms with van der Waals surface area (Å²) in [6.07, 6.45) is 12.5. The summed E-state index contributed by atoms with van der Waals surface area (Å²) in [5.41, 5.74) is 5.90. The number of hydrogen-bond donors (Lipinski definition) is 3. The van der Waals surface area contributed by atoms with Gasteiger partial charge in [0.25, 0.3) is 0 Å². The molecule has 56 heavy (non-hydrogen) atoms. The van der Waals surface area contributed by atoms with Crippen LogP contribution in [0.2, 0.25) is 0 Å². The van der Waals surface area contributed by atoms with Gasteiger partial charge in [0.05, 0.1) is 42.1 Å². The number of rotatable bonds is 8. The summed E-state index contributed by atoms with van der Waals surface area (Å²) in [5.74, 6) is 9.01. The van der Waals surface area contributed by atoms with E-state index < -0.39 is 12.1 Å². The third-order valence-electron chi connectivity index (χ3n) is 13.7. The number of H-pyrrole nitrogens is 2. The topological polar surface area (TPSA) is 136 Å². The predicted molar refractivity (Wildman–Crippen MR) is 213 cm³/mol. The molecule has 0 radical (unpaired) electrons. The fourth-order valence-electron chi connectivity index (χ4n) is 9.74. The number of hydrogen-bond acceptors (Lipinski definition) is 6. The smallest absolute Gasteiger partial charge is 0.407 e.